The topological polar surface area (TPSA) is 66.5 Å². The number of hydrogen-bond acceptors (Lipinski definition) is 3. The number of nitrogens with one attached hydrogen (secondary N) is 1. The zero-order valence-corrected chi connectivity index (χ0v) is 18.0. The van der Waals surface area contributed by atoms with Crippen LogP contribution in [0, 0.1) is 6.92 Å². The van der Waals surface area contributed by atoms with Crippen LogP contribution in [0.15, 0.2) is 71.6 Å². The fourth-order valence-corrected chi connectivity index (χ4v) is 4.23. The molecule has 0 bridgehead atoms. The Bertz CT molecular complexity index is 1160. The summed E-state index contributed by atoms with van der Waals surface area (Å²) in [5.74, 6) is -0.496. The number of aryl methyl sites for hydroxylation is 1. The van der Waals surface area contributed by atoms with Crippen LogP contribution >= 0.6 is 23.2 Å². The van der Waals surface area contributed by atoms with Crippen LogP contribution in [0.4, 0.5) is 11.4 Å². The molecule has 29 heavy (non-hydrogen) atoms. The second-order valence-electron chi connectivity index (χ2n) is 6.39. The van der Waals surface area contributed by atoms with Crippen molar-refractivity contribution in [1.29, 1.82) is 0 Å². The van der Waals surface area contributed by atoms with Crippen LogP contribution in [0.2, 0.25) is 10.0 Å². The molecule has 150 valence electrons. The van der Waals surface area contributed by atoms with Crippen LogP contribution in [0.5, 0.6) is 0 Å². The summed E-state index contributed by atoms with van der Waals surface area (Å²) in [4.78, 5) is 12.6. The molecule has 5 nitrogen and oxygen atoms in total. The number of carbonyl (C=O) groups is 1. The number of sulfonamides is 1. The van der Waals surface area contributed by atoms with Gasteiger partial charge < -0.3 is 5.32 Å². The van der Waals surface area contributed by atoms with E-state index in [0.29, 0.717) is 16.4 Å². The second kappa shape index (κ2) is 8.45. The number of rotatable bonds is 5. The third kappa shape index (κ3) is 4.56. The zero-order chi connectivity index (χ0) is 21.2. The molecule has 0 saturated carbocycles. The highest BCUT2D eigenvalue weighted by Gasteiger charge is 2.22. The monoisotopic (exact) mass is 448 g/mol. The van der Waals surface area contributed by atoms with E-state index in [2.05, 4.69) is 5.32 Å². The van der Waals surface area contributed by atoms with Gasteiger partial charge in [0.25, 0.3) is 15.9 Å². The van der Waals surface area contributed by atoms with E-state index in [0.717, 1.165) is 5.56 Å². The molecule has 0 unspecified atom stereocenters. The summed E-state index contributed by atoms with van der Waals surface area (Å²) in [6, 6.07) is 17.8. The Morgan fingerprint density at radius 1 is 0.966 bits per heavy atom. The SMILES string of the molecule is Cc1ccc(N(C)S(=O)(=O)c2cccc(C(=O)Nc3cccc(Cl)c3Cl)c2)cc1. The maximum atomic E-state index is 13.0. The van der Waals surface area contributed by atoms with Crippen LogP contribution in [-0.4, -0.2) is 21.4 Å². The molecule has 0 spiro atoms. The van der Waals surface area contributed by atoms with E-state index in [-0.39, 0.29) is 15.5 Å². The number of hydrogen-bond donors (Lipinski definition) is 1. The van der Waals surface area contributed by atoms with E-state index in [1.54, 1.807) is 30.3 Å². The van der Waals surface area contributed by atoms with Crippen molar-refractivity contribution in [3.8, 4) is 0 Å². The largest absolute Gasteiger partial charge is 0.321 e. The van der Waals surface area contributed by atoms with Crippen molar-refractivity contribution in [2.45, 2.75) is 11.8 Å². The van der Waals surface area contributed by atoms with Gasteiger partial charge in [-0.2, -0.15) is 0 Å². The first-order valence-corrected chi connectivity index (χ1v) is 10.8. The lowest BCUT2D eigenvalue weighted by Crippen LogP contribution is -2.26. The zero-order valence-electron chi connectivity index (χ0n) is 15.7. The predicted octanol–water partition coefficient (Wildman–Crippen LogP) is 5.38. The summed E-state index contributed by atoms with van der Waals surface area (Å²) >= 11 is 12.1. The Hall–Kier alpha value is -2.54. The van der Waals surface area contributed by atoms with Crippen LogP contribution < -0.4 is 9.62 Å². The number of benzene rings is 3. The van der Waals surface area contributed by atoms with Crippen molar-refractivity contribution >= 4 is 50.5 Å². The predicted molar refractivity (Wildman–Crippen MR) is 118 cm³/mol. The smallest absolute Gasteiger partial charge is 0.264 e. The number of anilines is 2. The van der Waals surface area contributed by atoms with Crippen LogP contribution in [0.1, 0.15) is 15.9 Å². The van der Waals surface area contributed by atoms with Crippen LogP contribution in [0.3, 0.4) is 0 Å². The molecule has 1 N–H and O–H groups in total. The lowest BCUT2D eigenvalue weighted by atomic mass is 10.2. The second-order valence-corrected chi connectivity index (χ2v) is 9.15. The molecule has 1 amide bonds. The van der Waals surface area contributed by atoms with Gasteiger partial charge >= 0.3 is 0 Å². The van der Waals surface area contributed by atoms with E-state index in [1.165, 1.54) is 35.6 Å². The average molecular weight is 449 g/mol. The third-order valence-electron chi connectivity index (χ3n) is 4.35. The van der Waals surface area contributed by atoms with E-state index in [4.69, 9.17) is 23.2 Å². The molecule has 0 aliphatic carbocycles. The van der Waals surface area contributed by atoms with Crippen molar-refractivity contribution in [2.75, 3.05) is 16.7 Å². The average Bonchev–Trinajstić information content (AvgIpc) is 2.71. The summed E-state index contributed by atoms with van der Waals surface area (Å²) in [5, 5.41) is 3.17. The summed E-state index contributed by atoms with van der Waals surface area (Å²) in [6.07, 6.45) is 0. The Morgan fingerprint density at radius 2 is 1.62 bits per heavy atom. The first kappa shape index (κ1) is 21.2. The minimum Gasteiger partial charge on any atom is -0.321 e. The Labute approximate surface area is 179 Å². The van der Waals surface area contributed by atoms with Gasteiger partial charge in [-0.15, -0.1) is 0 Å². The third-order valence-corrected chi connectivity index (χ3v) is 6.95. The first-order chi connectivity index (χ1) is 13.7. The summed E-state index contributed by atoms with van der Waals surface area (Å²) in [6.45, 7) is 1.92. The Balaban J connectivity index is 1.89. The molecule has 3 rings (SSSR count). The summed E-state index contributed by atoms with van der Waals surface area (Å²) in [5.41, 5.74) is 2.07. The minimum absolute atomic E-state index is 0.00501. The highest BCUT2D eigenvalue weighted by Crippen LogP contribution is 2.30. The van der Waals surface area contributed by atoms with Gasteiger partial charge in [0.1, 0.15) is 0 Å². The van der Waals surface area contributed by atoms with Crippen molar-refractivity contribution in [1.82, 2.24) is 0 Å². The molecule has 0 saturated heterocycles. The molecular formula is C21H18Cl2N2O3S. The van der Waals surface area contributed by atoms with Gasteiger partial charge in [0, 0.05) is 12.6 Å². The molecule has 0 atom stereocenters. The highest BCUT2D eigenvalue weighted by molar-refractivity contribution is 7.92. The Morgan fingerprint density at radius 3 is 2.31 bits per heavy atom. The normalized spacial score (nSPS) is 11.2. The molecule has 3 aromatic rings. The van der Waals surface area contributed by atoms with Gasteiger partial charge in [0.05, 0.1) is 26.3 Å². The van der Waals surface area contributed by atoms with Crippen molar-refractivity contribution in [3.05, 3.63) is 87.9 Å². The molecule has 0 heterocycles. The lowest BCUT2D eigenvalue weighted by molar-refractivity contribution is 0.102. The number of carbonyl (C=O) groups excluding carboxylic acids is 1. The van der Waals surface area contributed by atoms with Gasteiger partial charge in [0.15, 0.2) is 0 Å². The number of amides is 1. The van der Waals surface area contributed by atoms with E-state index in [9.17, 15) is 13.2 Å². The lowest BCUT2D eigenvalue weighted by Gasteiger charge is -2.20. The molecule has 0 aliphatic heterocycles. The first-order valence-electron chi connectivity index (χ1n) is 8.61. The molecule has 8 heteroatoms. The molecular weight excluding hydrogens is 431 g/mol. The summed E-state index contributed by atoms with van der Waals surface area (Å²) in [7, 11) is -2.37. The van der Waals surface area contributed by atoms with Gasteiger partial charge in [-0.25, -0.2) is 8.42 Å². The van der Waals surface area contributed by atoms with Gasteiger partial charge in [-0.05, 0) is 49.4 Å². The number of halogens is 2. The maximum absolute atomic E-state index is 13.0. The van der Waals surface area contributed by atoms with Crippen molar-refractivity contribution in [3.63, 3.8) is 0 Å². The van der Waals surface area contributed by atoms with E-state index < -0.39 is 15.9 Å². The minimum atomic E-state index is -3.84. The molecule has 0 aliphatic rings. The van der Waals surface area contributed by atoms with Gasteiger partial charge in [-0.3, -0.25) is 9.10 Å². The Kier molecular flexibility index (Phi) is 6.17. The van der Waals surface area contributed by atoms with Gasteiger partial charge in [0.2, 0.25) is 0 Å². The molecule has 3 aromatic carbocycles. The van der Waals surface area contributed by atoms with Crippen molar-refractivity contribution < 1.29 is 13.2 Å². The highest BCUT2D eigenvalue weighted by atomic mass is 35.5. The molecule has 0 radical (unpaired) electrons. The van der Waals surface area contributed by atoms with Crippen LogP contribution in [0.25, 0.3) is 0 Å². The fraction of sp³-hybridized carbons (Fsp3) is 0.0952. The molecule has 0 aromatic heterocycles. The summed E-state index contributed by atoms with van der Waals surface area (Å²) < 4.78 is 27.2. The molecule has 0 fully saturated rings. The van der Waals surface area contributed by atoms with Crippen LogP contribution in [-0.2, 0) is 10.0 Å². The number of nitrogens with zero attached hydrogens (tertiary/aromatic N) is 1. The van der Waals surface area contributed by atoms with E-state index >= 15 is 0 Å². The maximum Gasteiger partial charge on any atom is 0.264 e. The van der Waals surface area contributed by atoms with Crippen molar-refractivity contribution in [2.24, 2.45) is 0 Å². The van der Waals surface area contributed by atoms with Gasteiger partial charge in [-0.1, -0.05) is 53.0 Å². The van der Waals surface area contributed by atoms with E-state index in [1.807, 2.05) is 19.1 Å². The quantitative estimate of drug-likeness (QED) is 0.569. The fourth-order valence-electron chi connectivity index (χ4n) is 2.64. The standard InChI is InChI=1S/C21H18Cl2N2O3S/c1-14-9-11-16(12-10-14)25(2)29(27,28)17-6-3-5-15(13-17)21(26)24-19-8-4-7-18(22)20(19)23/h3-13H,1-2H3,(H,24,26).